The Labute approximate surface area is 76.0 Å². The lowest BCUT2D eigenvalue weighted by Gasteiger charge is -2.05. The third kappa shape index (κ3) is 7.48. The van der Waals surface area contributed by atoms with Crippen LogP contribution in [-0.2, 0) is 0 Å². The van der Waals surface area contributed by atoms with Crippen molar-refractivity contribution >= 4 is 5.71 Å². The van der Waals surface area contributed by atoms with Crippen LogP contribution in [0.25, 0.3) is 0 Å². The first kappa shape index (κ1) is 11.4. The summed E-state index contributed by atoms with van der Waals surface area (Å²) < 4.78 is 0. The van der Waals surface area contributed by atoms with Crippen molar-refractivity contribution in [3.63, 3.8) is 0 Å². The van der Waals surface area contributed by atoms with E-state index in [0.717, 1.165) is 18.8 Å². The van der Waals surface area contributed by atoms with E-state index in [9.17, 15) is 0 Å². The van der Waals surface area contributed by atoms with Gasteiger partial charge in [0.15, 0.2) is 0 Å². The molecule has 0 heterocycles. The lowest BCUT2D eigenvalue weighted by atomic mass is 10.2. The SMILES string of the molecule is CC(C)=CC(C)=NCCN(C)C. The van der Waals surface area contributed by atoms with Gasteiger partial charge >= 0.3 is 0 Å². The topological polar surface area (TPSA) is 15.6 Å². The Kier molecular flexibility index (Phi) is 5.64. The molecular weight excluding hydrogens is 148 g/mol. The van der Waals surface area contributed by atoms with Crippen LogP contribution in [0.1, 0.15) is 20.8 Å². The van der Waals surface area contributed by atoms with Crippen molar-refractivity contribution in [2.45, 2.75) is 20.8 Å². The first-order valence-corrected chi connectivity index (χ1v) is 4.33. The monoisotopic (exact) mass is 168 g/mol. The molecule has 0 aliphatic carbocycles. The smallest absolute Gasteiger partial charge is 0.0519 e. The Morgan fingerprint density at radius 1 is 1.25 bits per heavy atom. The van der Waals surface area contributed by atoms with E-state index in [0.29, 0.717) is 0 Å². The Hall–Kier alpha value is -0.630. The minimum Gasteiger partial charge on any atom is -0.308 e. The molecule has 0 aliphatic rings. The van der Waals surface area contributed by atoms with Crippen molar-refractivity contribution in [3.8, 4) is 0 Å². The van der Waals surface area contributed by atoms with Crippen molar-refractivity contribution < 1.29 is 0 Å². The molecule has 0 rings (SSSR count). The summed E-state index contributed by atoms with van der Waals surface area (Å²) in [4.78, 5) is 6.54. The van der Waals surface area contributed by atoms with E-state index in [2.05, 4.69) is 43.9 Å². The molecule has 12 heavy (non-hydrogen) atoms. The predicted molar refractivity (Wildman–Crippen MR) is 56.0 cm³/mol. The van der Waals surface area contributed by atoms with Crippen LogP contribution in [-0.4, -0.2) is 37.8 Å². The molecule has 0 fully saturated rings. The molecule has 0 aliphatic heterocycles. The fraction of sp³-hybridized carbons (Fsp3) is 0.700. The van der Waals surface area contributed by atoms with Crippen LogP contribution in [0.3, 0.4) is 0 Å². The van der Waals surface area contributed by atoms with Crippen molar-refractivity contribution in [1.82, 2.24) is 4.90 Å². The van der Waals surface area contributed by atoms with E-state index in [1.54, 1.807) is 0 Å². The van der Waals surface area contributed by atoms with Gasteiger partial charge in [-0.25, -0.2) is 0 Å². The molecule has 70 valence electrons. The quantitative estimate of drug-likeness (QED) is 0.586. The van der Waals surface area contributed by atoms with E-state index >= 15 is 0 Å². The van der Waals surface area contributed by atoms with Crippen LogP contribution in [0.15, 0.2) is 16.6 Å². The first-order valence-electron chi connectivity index (χ1n) is 4.33. The van der Waals surface area contributed by atoms with Gasteiger partial charge in [-0.15, -0.1) is 0 Å². The summed E-state index contributed by atoms with van der Waals surface area (Å²) in [7, 11) is 4.12. The maximum absolute atomic E-state index is 4.40. The number of aliphatic imine (C=N–C) groups is 1. The highest BCUT2D eigenvalue weighted by atomic mass is 15.1. The predicted octanol–water partition coefficient (Wildman–Crippen LogP) is 1.98. The molecule has 0 saturated heterocycles. The molecule has 0 N–H and O–H groups in total. The maximum Gasteiger partial charge on any atom is 0.0519 e. The summed E-state index contributed by atoms with van der Waals surface area (Å²) in [5, 5.41) is 0. The average Bonchev–Trinajstić information content (AvgIpc) is 1.84. The van der Waals surface area contributed by atoms with Crippen LogP contribution in [0.4, 0.5) is 0 Å². The molecule has 0 unspecified atom stereocenters. The van der Waals surface area contributed by atoms with Gasteiger partial charge in [-0.2, -0.15) is 0 Å². The molecule has 0 spiro atoms. The third-order valence-corrected chi connectivity index (χ3v) is 1.41. The summed E-state index contributed by atoms with van der Waals surface area (Å²) in [6.45, 7) is 8.13. The second-order valence-corrected chi connectivity index (χ2v) is 3.55. The summed E-state index contributed by atoms with van der Waals surface area (Å²) >= 11 is 0. The number of likely N-dealkylation sites (N-methyl/N-ethyl adjacent to an activating group) is 1. The lowest BCUT2D eigenvalue weighted by molar-refractivity contribution is 0.420. The zero-order valence-corrected chi connectivity index (χ0v) is 8.89. The number of nitrogens with zero attached hydrogens (tertiary/aromatic N) is 2. The van der Waals surface area contributed by atoms with E-state index < -0.39 is 0 Å². The number of rotatable bonds is 4. The Bertz CT molecular complexity index is 174. The lowest BCUT2D eigenvalue weighted by Crippen LogP contribution is -2.15. The van der Waals surface area contributed by atoms with E-state index in [1.807, 2.05) is 6.92 Å². The van der Waals surface area contributed by atoms with Crippen molar-refractivity contribution in [3.05, 3.63) is 11.6 Å². The number of allylic oxidation sites excluding steroid dienone is 2. The van der Waals surface area contributed by atoms with E-state index in [1.165, 1.54) is 5.57 Å². The molecular formula is C10H20N2. The maximum atomic E-state index is 4.40. The molecule has 2 heteroatoms. The first-order chi connectivity index (χ1) is 5.52. The van der Waals surface area contributed by atoms with Gasteiger partial charge in [0.2, 0.25) is 0 Å². The third-order valence-electron chi connectivity index (χ3n) is 1.41. The molecule has 0 saturated carbocycles. The van der Waals surface area contributed by atoms with Gasteiger partial charge in [-0.1, -0.05) is 5.57 Å². The summed E-state index contributed by atoms with van der Waals surface area (Å²) in [5.74, 6) is 0. The molecule has 0 aromatic carbocycles. The normalized spacial score (nSPS) is 12.0. The Morgan fingerprint density at radius 2 is 1.83 bits per heavy atom. The van der Waals surface area contributed by atoms with Crippen molar-refractivity contribution in [1.29, 1.82) is 0 Å². The zero-order valence-electron chi connectivity index (χ0n) is 8.89. The molecule has 0 atom stereocenters. The largest absolute Gasteiger partial charge is 0.308 e. The highest BCUT2D eigenvalue weighted by Crippen LogP contribution is 1.91. The summed E-state index contributed by atoms with van der Waals surface area (Å²) in [6, 6.07) is 0. The van der Waals surface area contributed by atoms with Crippen LogP contribution in [0, 0.1) is 0 Å². The molecule has 0 radical (unpaired) electrons. The Balaban J connectivity index is 3.78. The minimum absolute atomic E-state index is 0.891. The van der Waals surface area contributed by atoms with Gasteiger partial charge in [0.05, 0.1) is 6.54 Å². The molecule has 0 bridgehead atoms. The average molecular weight is 168 g/mol. The van der Waals surface area contributed by atoms with E-state index in [4.69, 9.17) is 0 Å². The van der Waals surface area contributed by atoms with E-state index in [-0.39, 0.29) is 0 Å². The standard InChI is InChI=1S/C10H20N2/c1-9(2)8-10(3)11-6-7-12(4)5/h8H,6-7H2,1-5H3. The van der Waals surface area contributed by atoms with Gasteiger partial charge in [0, 0.05) is 12.3 Å². The highest BCUT2D eigenvalue weighted by Gasteiger charge is 1.88. The Morgan fingerprint density at radius 3 is 2.25 bits per heavy atom. The van der Waals surface area contributed by atoms with Gasteiger partial charge in [0.1, 0.15) is 0 Å². The fourth-order valence-corrected chi connectivity index (χ4v) is 0.890. The van der Waals surface area contributed by atoms with Crippen LogP contribution in [0.5, 0.6) is 0 Å². The van der Waals surface area contributed by atoms with Crippen LogP contribution >= 0.6 is 0 Å². The molecule has 0 aromatic rings. The fourth-order valence-electron chi connectivity index (χ4n) is 0.890. The molecule has 0 aromatic heterocycles. The van der Waals surface area contributed by atoms with Gasteiger partial charge in [-0.3, -0.25) is 4.99 Å². The summed E-state index contributed by atoms with van der Waals surface area (Å²) in [6.07, 6.45) is 2.11. The zero-order chi connectivity index (χ0) is 9.56. The van der Waals surface area contributed by atoms with Crippen molar-refractivity contribution in [2.24, 2.45) is 4.99 Å². The van der Waals surface area contributed by atoms with Crippen LogP contribution < -0.4 is 0 Å². The number of hydrogen-bond acceptors (Lipinski definition) is 2. The minimum atomic E-state index is 0.891. The number of hydrogen-bond donors (Lipinski definition) is 0. The molecule has 2 nitrogen and oxygen atoms in total. The second-order valence-electron chi connectivity index (χ2n) is 3.55. The van der Waals surface area contributed by atoms with Crippen LogP contribution in [0.2, 0.25) is 0 Å². The van der Waals surface area contributed by atoms with Gasteiger partial charge in [0.25, 0.3) is 0 Å². The summed E-state index contributed by atoms with van der Waals surface area (Å²) in [5.41, 5.74) is 2.43. The molecule has 0 amide bonds. The highest BCUT2D eigenvalue weighted by molar-refractivity contribution is 5.93. The van der Waals surface area contributed by atoms with Gasteiger partial charge < -0.3 is 4.90 Å². The second kappa shape index (κ2) is 5.95. The van der Waals surface area contributed by atoms with Gasteiger partial charge in [-0.05, 0) is 40.9 Å². The van der Waals surface area contributed by atoms with Crippen molar-refractivity contribution in [2.75, 3.05) is 27.2 Å².